The average molecular weight is 397 g/mol. The lowest BCUT2D eigenvalue weighted by molar-refractivity contribution is -0.131. The highest BCUT2D eigenvalue weighted by Crippen LogP contribution is 2.64. The number of carbonyl (C=O) groups is 1. The topological polar surface area (TPSA) is 63.1 Å². The van der Waals surface area contributed by atoms with E-state index >= 15 is 0 Å². The molecule has 5 rings (SSSR count). The molecule has 0 radical (unpaired) electrons. The Labute approximate surface area is 174 Å². The Bertz CT molecular complexity index is 763. The highest BCUT2D eigenvalue weighted by Gasteiger charge is 2.58. The maximum Gasteiger partial charge on any atom is 0.141 e. The summed E-state index contributed by atoms with van der Waals surface area (Å²) in [6.45, 7) is 4.47. The number of nitrogens with zero attached hydrogens (tertiary/aromatic N) is 2. The minimum absolute atomic E-state index is 0.181. The van der Waals surface area contributed by atoms with Crippen molar-refractivity contribution in [2.75, 3.05) is 0 Å². The molecule has 0 unspecified atom stereocenters. The van der Waals surface area contributed by atoms with Crippen LogP contribution in [0.25, 0.3) is 0 Å². The molecule has 0 amide bonds. The zero-order chi connectivity index (χ0) is 20.2. The molecule has 0 saturated heterocycles. The number of rotatable bonds is 3. The van der Waals surface area contributed by atoms with Crippen molar-refractivity contribution < 1.29 is 9.90 Å². The molecule has 0 aliphatic heterocycles. The molecule has 0 bridgehead atoms. The van der Waals surface area contributed by atoms with Crippen LogP contribution < -0.4 is 0 Å². The quantitative estimate of drug-likeness (QED) is 0.810. The molecule has 4 fully saturated rings. The van der Waals surface area contributed by atoms with Gasteiger partial charge in [0.15, 0.2) is 0 Å². The highest BCUT2D eigenvalue weighted by molar-refractivity contribution is 5.84. The molecule has 4 aliphatic carbocycles. The van der Waals surface area contributed by atoms with Crippen LogP contribution in [0.4, 0.5) is 0 Å². The van der Waals surface area contributed by atoms with Gasteiger partial charge in [0.1, 0.15) is 12.1 Å². The Morgan fingerprint density at radius 1 is 1.00 bits per heavy atom. The first-order chi connectivity index (χ1) is 13.9. The third-order valence-corrected chi connectivity index (χ3v) is 9.62. The third-order valence-electron chi connectivity index (χ3n) is 9.62. The van der Waals surface area contributed by atoms with E-state index in [-0.39, 0.29) is 11.3 Å². The Morgan fingerprint density at radius 3 is 2.55 bits per heavy atom. The normalized spacial score (nSPS) is 46.4. The van der Waals surface area contributed by atoms with Crippen molar-refractivity contribution in [1.82, 2.24) is 9.97 Å². The summed E-state index contributed by atoms with van der Waals surface area (Å²) in [5, 5.41) is 10.6. The fraction of sp³-hybridized carbons (Fsp3) is 0.800. The van der Waals surface area contributed by atoms with Crippen LogP contribution >= 0.6 is 0 Å². The van der Waals surface area contributed by atoms with Crippen LogP contribution in [0.2, 0.25) is 0 Å². The van der Waals surface area contributed by atoms with E-state index in [4.69, 9.17) is 0 Å². The van der Waals surface area contributed by atoms with Gasteiger partial charge in [-0.15, -0.1) is 0 Å². The second kappa shape index (κ2) is 7.14. The minimum Gasteiger partial charge on any atom is -0.390 e. The summed E-state index contributed by atoms with van der Waals surface area (Å²) in [5.41, 5.74) is 0.692. The van der Waals surface area contributed by atoms with Gasteiger partial charge in [0.25, 0.3) is 0 Å². The van der Waals surface area contributed by atoms with E-state index in [1.54, 1.807) is 12.4 Å². The molecule has 4 aliphatic rings. The molecule has 1 heterocycles. The van der Waals surface area contributed by atoms with Crippen molar-refractivity contribution in [1.29, 1.82) is 0 Å². The number of hydrogen-bond acceptors (Lipinski definition) is 4. The smallest absolute Gasteiger partial charge is 0.141 e. The number of fused-ring (bicyclic) bond motifs is 5. The molecule has 1 aromatic heterocycles. The van der Waals surface area contributed by atoms with Gasteiger partial charge < -0.3 is 5.11 Å². The molecule has 4 saturated carbocycles. The standard InChI is InChI=1S/C25H36N2O2/c1-24(29)9-7-18-17(12-24)3-4-20-19(18)8-10-25(2)21(20)5-6-22(25)23(28)11-16-13-26-15-27-14-16/h13-15,17-22,29H,3-12H2,1-2H3/t17-,18+,19-,20-,21+,22-,24-,25+/m1/s1. The van der Waals surface area contributed by atoms with Crippen LogP contribution in [0.1, 0.15) is 77.2 Å². The lowest BCUT2D eigenvalue weighted by atomic mass is 9.49. The Morgan fingerprint density at radius 2 is 1.76 bits per heavy atom. The van der Waals surface area contributed by atoms with E-state index in [1.165, 1.54) is 44.9 Å². The molecule has 0 spiro atoms. The average Bonchev–Trinajstić information content (AvgIpc) is 3.05. The van der Waals surface area contributed by atoms with E-state index < -0.39 is 5.60 Å². The predicted octanol–water partition coefficient (Wildman–Crippen LogP) is 4.61. The first kappa shape index (κ1) is 19.7. The minimum atomic E-state index is -0.441. The first-order valence-electron chi connectivity index (χ1n) is 11.9. The van der Waals surface area contributed by atoms with Crippen molar-refractivity contribution in [3.8, 4) is 0 Å². The lowest BCUT2D eigenvalue weighted by Gasteiger charge is -2.56. The van der Waals surface area contributed by atoms with Gasteiger partial charge in [-0.25, -0.2) is 9.97 Å². The van der Waals surface area contributed by atoms with Crippen molar-refractivity contribution in [3.05, 3.63) is 24.3 Å². The number of carbonyl (C=O) groups excluding carboxylic acids is 1. The molecule has 1 N–H and O–H groups in total. The lowest BCUT2D eigenvalue weighted by Crippen LogP contribution is -2.51. The monoisotopic (exact) mass is 396 g/mol. The second-order valence-corrected chi connectivity index (χ2v) is 11.2. The van der Waals surface area contributed by atoms with Crippen LogP contribution in [0.5, 0.6) is 0 Å². The van der Waals surface area contributed by atoms with Gasteiger partial charge >= 0.3 is 0 Å². The Kier molecular flexibility index (Phi) is 4.84. The van der Waals surface area contributed by atoms with Crippen LogP contribution in [0.3, 0.4) is 0 Å². The van der Waals surface area contributed by atoms with Gasteiger partial charge in [0.2, 0.25) is 0 Å². The van der Waals surface area contributed by atoms with Crippen molar-refractivity contribution in [2.24, 2.45) is 40.9 Å². The third kappa shape index (κ3) is 3.36. The number of aromatic nitrogens is 2. The van der Waals surface area contributed by atoms with Gasteiger partial charge in [0.05, 0.1) is 5.60 Å². The summed E-state index contributed by atoms with van der Waals surface area (Å²) in [6.07, 6.45) is 16.2. The predicted molar refractivity (Wildman–Crippen MR) is 112 cm³/mol. The summed E-state index contributed by atoms with van der Waals surface area (Å²) >= 11 is 0. The van der Waals surface area contributed by atoms with Crippen molar-refractivity contribution >= 4 is 5.78 Å². The molecule has 8 atom stereocenters. The molecular formula is C25H36N2O2. The van der Waals surface area contributed by atoms with Gasteiger partial charge in [-0.2, -0.15) is 0 Å². The Balaban J connectivity index is 1.31. The van der Waals surface area contributed by atoms with Gasteiger partial charge in [-0.05, 0) is 105 Å². The number of hydrogen-bond donors (Lipinski definition) is 1. The van der Waals surface area contributed by atoms with Crippen LogP contribution in [0, 0.1) is 40.9 Å². The van der Waals surface area contributed by atoms with Gasteiger partial charge in [0, 0.05) is 24.7 Å². The first-order valence-corrected chi connectivity index (χ1v) is 11.9. The molecule has 1 aromatic rings. The van der Waals surface area contributed by atoms with Gasteiger partial charge in [-0.1, -0.05) is 6.92 Å². The van der Waals surface area contributed by atoms with E-state index in [1.807, 2.05) is 6.92 Å². The fourth-order valence-corrected chi connectivity index (χ4v) is 8.36. The van der Waals surface area contributed by atoms with Crippen molar-refractivity contribution in [3.63, 3.8) is 0 Å². The molecule has 29 heavy (non-hydrogen) atoms. The van der Waals surface area contributed by atoms with E-state index in [0.29, 0.717) is 18.1 Å². The second-order valence-electron chi connectivity index (χ2n) is 11.2. The molecule has 4 nitrogen and oxygen atoms in total. The molecule has 0 aromatic carbocycles. The van der Waals surface area contributed by atoms with E-state index in [9.17, 15) is 9.90 Å². The molecular weight excluding hydrogens is 360 g/mol. The van der Waals surface area contributed by atoms with Crippen molar-refractivity contribution in [2.45, 2.75) is 83.7 Å². The summed E-state index contributed by atoms with van der Waals surface area (Å²) in [5.74, 6) is 4.50. The summed E-state index contributed by atoms with van der Waals surface area (Å²) in [4.78, 5) is 21.4. The van der Waals surface area contributed by atoms with Gasteiger partial charge in [-0.3, -0.25) is 4.79 Å². The zero-order valence-electron chi connectivity index (χ0n) is 18.0. The van der Waals surface area contributed by atoms with Crippen LogP contribution in [-0.4, -0.2) is 26.5 Å². The SMILES string of the molecule is C[C@@]1(O)CC[C@H]2[C@H](CC[C@@H]3[C@@H]2CC[C@]2(C)[C@@H](C(=O)Cc4cncnc4)CC[C@@H]32)C1. The number of Topliss-reactive ketones (excluding diaryl/α,β-unsaturated/α-hetero) is 1. The fourth-order valence-electron chi connectivity index (χ4n) is 8.36. The van der Waals surface area contributed by atoms with Crippen LogP contribution in [-0.2, 0) is 11.2 Å². The molecule has 4 heteroatoms. The number of ketones is 1. The molecule has 158 valence electrons. The highest BCUT2D eigenvalue weighted by atomic mass is 16.3. The van der Waals surface area contributed by atoms with Crippen LogP contribution in [0.15, 0.2) is 18.7 Å². The maximum absolute atomic E-state index is 13.3. The largest absolute Gasteiger partial charge is 0.390 e. The number of aliphatic hydroxyl groups is 1. The van der Waals surface area contributed by atoms with E-state index in [0.717, 1.165) is 48.5 Å². The maximum atomic E-state index is 13.3. The summed E-state index contributed by atoms with van der Waals surface area (Å²) in [7, 11) is 0. The summed E-state index contributed by atoms with van der Waals surface area (Å²) < 4.78 is 0. The van der Waals surface area contributed by atoms with E-state index in [2.05, 4.69) is 16.9 Å². The Hall–Kier alpha value is -1.29. The summed E-state index contributed by atoms with van der Waals surface area (Å²) in [6, 6.07) is 0. The zero-order valence-corrected chi connectivity index (χ0v) is 18.0.